The standard InChI is InChI=1S/C29H30Cl2N6O2/c1-19-6-5-9-23(30)26(19)33-29(38)36(22-7-3-4-8-22)16-17-37-28(21-10-11-25(39-2)24(31)18-21)34-27(35-37)20-12-14-32-15-13-20/h5-6,9-15,18,22H,3-4,7-8,16-17H2,1-2H3,(H,33,38). The van der Waals surface area contributed by atoms with E-state index in [1.54, 1.807) is 25.6 Å². The lowest BCUT2D eigenvalue weighted by atomic mass is 10.2. The zero-order valence-electron chi connectivity index (χ0n) is 21.9. The van der Waals surface area contributed by atoms with Gasteiger partial charge in [-0.15, -0.1) is 0 Å². The van der Waals surface area contributed by atoms with Crippen LogP contribution in [-0.2, 0) is 6.54 Å². The van der Waals surface area contributed by atoms with Crippen molar-refractivity contribution in [3.8, 4) is 28.5 Å². The maximum Gasteiger partial charge on any atom is 0.322 e. The average Bonchev–Trinajstić information content (AvgIpc) is 3.62. The van der Waals surface area contributed by atoms with E-state index in [-0.39, 0.29) is 12.1 Å². The quantitative estimate of drug-likeness (QED) is 0.246. The number of carbonyl (C=O) groups is 1. The molecule has 0 atom stereocenters. The Morgan fingerprint density at radius 2 is 1.85 bits per heavy atom. The van der Waals surface area contributed by atoms with E-state index < -0.39 is 0 Å². The van der Waals surface area contributed by atoms with Gasteiger partial charge in [-0.2, -0.15) is 5.10 Å². The molecule has 2 aromatic heterocycles. The highest BCUT2D eigenvalue weighted by atomic mass is 35.5. The second-order valence-electron chi connectivity index (χ2n) is 9.56. The SMILES string of the molecule is COc1ccc(-c2nc(-c3ccncc3)nn2CCN(C(=O)Nc2c(C)cccc2Cl)C2CCCC2)cc1Cl. The van der Waals surface area contributed by atoms with Gasteiger partial charge in [0.15, 0.2) is 11.6 Å². The second-order valence-corrected chi connectivity index (χ2v) is 10.4. The number of benzene rings is 2. The molecular formula is C29H30Cl2N6O2. The molecule has 1 N–H and O–H groups in total. The highest BCUT2D eigenvalue weighted by molar-refractivity contribution is 6.34. The van der Waals surface area contributed by atoms with Crippen molar-refractivity contribution in [2.75, 3.05) is 19.0 Å². The van der Waals surface area contributed by atoms with Crippen LogP contribution < -0.4 is 10.1 Å². The molecule has 1 aliphatic carbocycles. The number of aromatic nitrogens is 4. The monoisotopic (exact) mass is 564 g/mol. The zero-order valence-corrected chi connectivity index (χ0v) is 23.4. The fraction of sp³-hybridized carbons (Fsp3) is 0.310. The van der Waals surface area contributed by atoms with Crippen LogP contribution in [-0.4, -0.2) is 50.4 Å². The lowest BCUT2D eigenvalue weighted by Gasteiger charge is -2.29. The number of amides is 2. The van der Waals surface area contributed by atoms with Gasteiger partial charge in [-0.1, -0.05) is 48.2 Å². The summed E-state index contributed by atoms with van der Waals surface area (Å²) >= 11 is 12.9. The largest absolute Gasteiger partial charge is 0.495 e. The maximum atomic E-state index is 13.6. The van der Waals surface area contributed by atoms with Crippen LogP contribution in [0.25, 0.3) is 22.8 Å². The first-order valence-corrected chi connectivity index (χ1v) is 13.7. The van der Waals surface area contributed by atoms with E-state index >= 15 is 0 Å². The Labute approximate surface area is 237 Å². The third-order valence-corrected chi connectivity index (χ3v) is 7.66. The minimum absolute atomic E-state index is 0.148. The van der Waals surface area contributed by atoms with Gasteiger partial charge in [0.2, 0.25) is 0 Å². The molecule has 1 aliphatic rings. The van der Waals surface area contributed by atoms with Gasteiger partial charge in [0.1, 0.15) is 5.75 Å². The van der Waals surface area contributed by atoms with Crippen molar-refractivity contribution in [3.63, 3.8) is 0 Å². The zero-order chi connectivity index (χ0) is 27.4. The van der Waals surface area contributed by atoms with Crippen LogP contribution >= 0.6 is 23.2 Å². The summed E-state index contributed by atoms with van der Waals surface area (Å²) in [6.45, 7) is 2.84. The Balaban J connectivity index is 1.45. The van der Waals surface area contributed by atoms with E-state index in [1.165, 1.54) is 0 Å². The van der Waals surface area contributed by atoms with Gasteiger partial charge >= 0.3 is 6.03 Å². The summed E-state index contributed by atoms with van der Waals surface area (Å²) in [6.07, 6.45) is 7.56. The molecule has 0 unspecified atom stereocenters. The predicted octanol–water partition coefficient (Wildman–Crippen LogP) is 7.11. The van der Waals surface area contributed by atoms with Crippen LogP contribution in [0.2, 0.25) is 10.0 Å². The molecule has 0 saturated heterocycles. The number of pyridine rings is 1. The van der Waals surface area contributed by atoms with Crippen molar-refractivity contribution in [2.24, 2.45) is 0 Å². The predicted molar refractivity (Wildman–Crippen MR) is 154 cm³/mol. The summed E-state index contributed by atoms with van der Waals surface area (Å²) in [4.78, 5) is 24.5. The molecule has 2 heterocycles. The number of ether oxygens (including phenoxy) is 1. The number of aryl methyl sites for hydroxylation is 1. The number of nitrogens with one attached hydrogen (secondary N) is 1. The summed E-state index contributed by atoms with van der Waals surface area (Å²) in [5.41, 5.74) is 3.21. The molecule has 0 radical (unpaired) electrons. The molecule has 39 heavy (non-hydrogen) atoms. The van der Waals surface area contributed by atoms with Gasteiger partial charge in [-0.05, 0) is 61.7 Å². The van der Waals surface area contributed by atoms with Crippen molar-refractivity contribution in [1.82, 2.24) is 24.6 Å². The number of methoxy groups -OCH3 is 1. The summed E-state index contributed by atoms with van der Waals surface area (Å²) < 4.78 is 7.16. The van der Waals surface area contributed by atoms with Crippen molar-refractivity contribution in [3.05, 3.63) is 76.5 Å². The molecule has 1 fully saturated rings. The Morgan fingerprint density at radius 3 is 2.54 bits per heavy atom. The van der Waals surface area contributed by atoms with Crippen LogP contribution in [0, 0.1) is 6.92 Å². The van der Waals surface area contributed by atoms with Crippen LogP contribution in [0.3, 0.4) is 0 Å². The third-order valence-electron chi connectivity index (χ3n) is 7.05. The minimum Gasteiger partial charge on any atom is -0.495 e. The highest BCUT2D eigenvalue weighted by Crippen LogP contribution is 2.32. The number of hydrogen-bond acceptors (Lipinski definition) is 5. The molecule has 5 rings (SSSR count). The van der Waals surface area contributed by atoms with Crippen molar-refractivity contribution in [2.45, 2.75) is 45.2 Å². The minimum atomic E-state index is -0.165. The van der Waals surface area contributed by atoms with Gasteiger partial charge in [0, 0.05) is 36.1 Å². The Kier molecular flexibility index (Phi) is 8.33. The number of urea groups is 1. The van der Waals surface area contributed by atoms with Gasteiger partial charge in [0.05, 0.1) is 29.4 Å². The van der Waals surface area contributed by atoms with Crippen LogP contribution in [0.4, 0.5) is 10.5 Å². The summed E-state index contributed by atoms with van der Waals surface area (Å²) in [5.74, 6) is 1.81. The summed E-state index contributed by atoms with van der Waals surface area (Å²) in [7, 11) is 1.58. The molecular weight excluding hydrogens is 535 g/mol. The lowest BCUT2D eigenvalue weighted by Crippen LogP contribution is -2.43. The van der Waals surface area contributed by atoms with Crippen LogP contribution in [0.5, 0.6) is 5.75 Å². The van der Waals surface area contributed by atoms with E-state index in [9.17, 15) is 4.79 Å². The highest BCUT2D eigenvalue weighted by Gasteiger charge is 2.28. The first-order chi connectivity index (χ1) is 18.9. The van der Waals surface area contributed by atoms with E-state index in [1.807, 2.05) is 59.0 Å². The summed E-state index contributed by atoms with van der Waals surface area (Å²) in [5, 5.41) is 8.89. The normalized spacial score (nSPS) is 13.4. The fourth-order valence-electron chi connectivity index (χ4n) is 4.98. The Morgan fingerprint density at radius 1 is 1.08 bits per heavy atom. The van der Waals surface area contributed by atoms with Crippen LogP contribution in [0.15, 0.2) is 60.9 Å². The molecule has 202 valence electrons. The van der Waals surface area contributed by atoms with Gasteiger partial charge < -0.3 is 15.0 Å². The molecule has 2 aromatic carbocycles. The number of nitrogens with zero attached hydrogens (tertiary/aromatic N) is 5. The smallest absolute Gasteiger partial charge is 0.322 e. The maximum absolute atomic E-state index is 13.6. The number of rotatable bonds is 8. The molecule has 2 amide bonds. The summed E-state index contributed by atoms with van der Waals surface area (Å²) in [6, 6.07) is 14.9. The first-order valence-electron chi connectivity index (χ1n) is 13.0. The first kappa shape index (κ1) is 27.0. The Bertz CT molecular complexity index is 1430. The van der Waals surface area contributed by atoms with Gasteiger partial charge in [0.25, 0.3) is 0 Å². The van der Waals surface area contributed by atoms with Crippen LogP contribution in [0.1, 0.15) is 31.2 Å². The topological polar surface area (TPSA) is 85.2 Å². The number of para-hydroxylation sites is 1. The molecule has 1 saturated carbocycles. The van der Waals surface area contributed by atoms with Gasteiger partial charge in [-0.3, -0.25) is 4.98 Å². The number of halogens is 2. The van der Waals surface area contributed by atoms with E-state index in [2.05, 4.69) is 10.3 Å². The number of hydrogen-bond donors (Lipinski definition) is 1. The van der Waals surface area contributed by atoms with Crippen molar-refractivity contribution < 1.29 is 9.53 Å². The van der Waals surface area contributed by atoms with E-state index in [0.29, 0.717) is 46.2 Å². The van der Waals surface area contributed by atoms with E-state index in [0.717, 1.165) is 42.4 Å². The average molecular weight is 566 g/mol. The lowest BCUT2D eigenvalue weighted by molar-refractivity contribution is 0.184. The number of carbonyl (C=O) groups excluding carboxylic acids is 1. The number of anilines is 1. The van der Waals surface area contributed by atoms with Crippen molar-refractivity contribution in [1.29, 1.82) is 0 Å². The second kappa shape index (κ2) is 12.1. The Hall–Kier alpha value is -3.62. The molecule has 4 aromatic rings. The molecule has 0 bridgehead atoms. The van der Waals surface area contributed by atoms with E-state index in [4.69, 9.17) is 38.0 Å². The van der Waals surface area contributed by atoms with Crippen molar-refractivity contribution >= 4 is 34.9 Å². The molecule has 8 nitrogen and oxygen atoms in total. The molecule has 10 heteroatoms. The fourth-order valence-corrected chi connectivity index (χ4v) is 5.50. The molecule has 0 spiro atoms. The van der Waals surface area contributed by atoms with Gasteiger partial charge in [-0.25, -0.2) is 14.5 Å². The molecule has 0 aliphatic heterocycles. The third kappa shape index (κ3) is 6.02.